The van der Waals surface area contributed by atoms with Crippen molar-refractivity contribution < 1.29 is 14.3 Å². The molecule has 6 heteroatoms. The highest BCUT2D eigenvalue weighted by molar-refractivity contribution is 5.77. The van der Waals surface area contributed by atoms with E-state index < -0.39 is 0 Å². The van der Waals surface area contributed by atoms with Crippen LogP contribution in [0, 0.1) is 11.8 Å². The van der Waals surface area contributed by atoms with E-state index in [0.29, 0.717) is 19.3 Å². The van der Waals surface area contributed by atoms with Gasteiger partial charge in [0.05, 0.1) is 19.8 Å². The van der Waals surface area contributed by atoms with Crippen LogP contribution < -0.4 is 0 Å². The molecular formula is C21H41N3O3. The van der Waals surface area contributed by atoms with Crippen molar-refractivity contribution >= 4 is 5.91 Å². The molecule has 0 N–H and O–H groups in total. The number of rotatable bonds is 10. The molecule has 0 radical (unpaired) electrons. The third kappa shape index (κ3) is 8.06. The molecule has 2 rings (SSSR count). The lowest BCUT2D eigenvalue weighted by Crippen LogP contribution is -2.49. The van der Waals surface area contributed by atoms with Crippen LogP contribution in [0.3, 0.4) is 0 Å². The van der Waals surface area contributed by atoms with Crippen LogP contribution in [0.25, 0.3) is 0 Å². The first-order valence-electron chi connectivity index (χ1n) is 10.9. The molecule has 2 aliphatic heterocycles. The zero-order valence-corrected chi connectivity index (χ0v) is 18.0. The lowest BCUT2D eigenvalue weighted by molar-refractivity contribution is -0.138. The Morgan fingerprint density at radius 1 is 0.889 bits per heavy atom. The number of ether oxygens (including phenoxy) is 2. The van der Waals surface area contributed by atoms with Gasteiger partial charge in [-0.3, -0.25) is 14.6 Å². The quantitative estimate of drug-likeness (QED) is 0.540. The van der Waals surface area contributed by atoms with Gasteiger partial charge in [0, 0.05) is 51.9 Å². The highest BCUT2D eigenvalue weighted by atomic mass is 16.5. The third-order valence-corrected chi connectivity index (χ3v) is 6.12. The van der Waals surface area contributed by atoms with Crippen molar-refractivity contribution in [2.24, 2.45) is 11.8 Å². The first-order valence-corrected chi connectivity index (χ1v) is 10.9. The second-order valence-electron chi connectivity index (χ2n) is 8.60. The standard InChI is InChI=1S/C21H41N3O3/c1-18(2)20-5-7-24(8-6-20)21(25)17-27-16-15-26-14-13-22-9-11-23(12-10-22)19(3)4/h18-20H,5-17H2,1-4H3. The first kappa shape index (κ1) is 22.6. The average Bonchev–Trinajstić information content (AvgIpc) is 2.67. The summed E-state index contributed by atoms with van der Waals surface area (Å²) in [5.74, 6) is 1.60. The van der Waals surface area contributed by atoms with Gasteiger partial charge in [0.25, 0.3) is 0 Å². The number of amides is 1. The molecule has 0 spiro atoms. The van der Waals surface area contributed by atoms with Gasteiger partial charge in [-0.15, -0.1) is 0 Å². The maximum atomic E-state index is 12.2. The fraction of sp³-hybridized carbons (Fsp3) is 0.952. The Labute approximate surface area is 166 Å². The minimum Gasteiger partial charge on any atom is -0.378 e. The molecule has 0 aliphatic carbocycles. The van der Waals surface area contributed by atoms with Crippen molar-refractivity contribution in [2.45, 2.75) is 46.6 Å². The Kier molecular flexibility index (Phi) is 10.0. The van der Waals surface area contributed by atoms with Gasteiger partial charge < -0.3 is 14.4 Å². The molecule has 2 fully saturated rings. The van der Waals surface area contributed by atoms with Crippen molar-refractivity contribution in [3.05, 3.63) is 0 Å². The Balaban J connectivity index is 1.43. The van der Waals surface area contributed by atoms with Crippen LogP contribution in [0.4, 0.5) is 0 Å². The largest absolute Gasteiger partial charge is 0.378 e. The summed E-state index contributed by atoms with van der Waals surface area (Å²) in [6.07, 6.45) is 2.25. The molecule has 0 aromatic rings. The molecular weight excluding hydrogens is 342 g/mol. The summed E-state index contributed by atoms with van der Waals surface area (Å²) in [6.45, 7) is 18.3. The Bertz CT molecular complexity index is 415. The zero-order valence-electron chi connectivity index (χ0n) is 18.0. The fourth-order valence-corrected chi connectivity index (χ4v) is 3.98. The maximum absolute atomic E-state index is 12.2. The van der Waals surface area contributed by atoms with Crippen LogP contribution in [0.5, 0.6) is 0 Å². The van der Waals surface area contributed by atoms with Gasteiger partial charge in [0.1, 0.15) is 6.61 Å². The Morgan fingerprint density at radius 3 is 2.11 bits per heavy atom. The summed E-state index contributed by atoms with van der Waals surface area (Å²) >= 11 is 0. The van der Waals surface area contributed by atoms with E-state index in [0.717, 1.165) is 77.1 Å². The molecule has 0 aromatic heterocycles. The highest BCUT2D eigenvalue weighted by Gasteiger charge is 2.24. The van der Waals surface area contributed by atoms with Crippen molar-refractivity contribution in [1.82, 2.24) is 14.7 Å². The molecule has 0 aromatic carbocycles. The summed E-state index contributed by atoms with van der Waals surface area (Å²) in [5.41, 5.74) is 0. The molecule has 6 nitrogen and oxygen atoms in total. The van der Waals surface area contributed by atoms with Crippen LogP contribution in [0.2, 0.25) is 0 Å². The second kappa shape index (κ2) is 12.0. The van der Waals surface area contributed by atoms with E-state index in [2.05, 4.69) is 37.5 Å². The van der Waals surface area contributed by atoms with Gasteiger partial charge >= 0.3 is 0 Å². The maximum Gasteiger partial charge on any atom is 0.248 e. The summed E-state index contributed by atoms with van der Waals surface area (Å²) in [4.78, 5) is 19.1. The number of carbonyl (C=O) groups excluding carboxylic acids is 1. The monoisotopic (exact) mass is 383 g/mol. The second-order valence-corrected chi connectivity index (χ2v) is 8.60. The fourth-order valence-electron chi connectivity index (χ4n) is 3.98. The lowest BCUT2D eigenvalue weighted by Gasteiger charge is -2.36. The minimum atomic E-state index is 0.125. The lowest BCUT2D eigenvalue weighted by atomic mass is 9.87. The number of piperazine rings is 1. The van der Waals surface area contributed by atoms with Crippen molar-refractivity contribution in [3.8, 4) is 0 Å². The normalized spacial score (nSPS) is 20.7. The van der Waals surface area contributed by atoms with Crippen molar-refractivity contribution in [2.75, 3.05) is 72.2 Å². The molecule has 0 bridgehead atoms. The molecule has 27 heavy (non-hydrogen) atoms. The minimum absolute atomic E-state index is 0.125. The predicted octanol–water partition coefficient (Wildman–Crippen LogP) is 1.94. The summed E-state index contributed by atoms with van der Waals surface area (Å²) < 4.78 is 11.2. The topological polar surface area (TPSA) is 45.3 Å². The van der Waals surface area contributed by atoms with Crippen LogP contribution >= 0.6 is 0 Å². The van der Waals surface area contributed by atoms with Gasteiger partial charge in [-0.05, 0) is 38.5 Å². The van der Waals surface area contributed by atoms with Gasteiger partial charge in [0.15, 0.2) is 0 Å². The van der Waals surface area contributed by atoms with Crippen molar-refractivity contribution in [3.63, 3.8) is 0 Å². The summed E-state index contributed by atoms with van der Waals surface area (Å²) in [7, 11) is 0. The smallest absolute Gasteiger partial charge is 0.248 e. The molecule has 2 saturated heterocycles. The highest BCUT2D eigenvalue weighted by Crippen LogP contribution is 2.24. The molecule has 2 aliphatic rings. The number of nitrogens with zero attached hydrogens (tertiary/aromatic N) is 3. The van der Waals surface area contributed by atoms with E-state index in [1.165, 1.54) is 0 Å². The first-order chi connectivity index (χ1) is 13.0. The summed E-state index contributed by atoms with van der Waals surface area (Å²) in [6, 6.07) is 0.643. The van der Waals surface area contributed by atoms with E-state index in [-0.39, 0.29) is 12.5 Å². The van der Waals surface area contributed by atoms with E-state index in [4.69, 9.17) is 9.47 Å². The van der Waals surface area contributed by atoms with Crippen LogP contribution in [-0.2, 0) is 14.3 Å². The van der Waals surface area contributed by atoms with Gasteiger partial charge in [-0.2, -0.15) is 0 Å². The zero-order chi connectivity index (χ0) is 19.6. The van der Waals surface area contributed by atoms with Gasteiger partial charge in [0.2, 0.25) is 5.91 Å². The van der Waals surface area contributed by atoms with Crippen LogP contribution in [0.1, 0.15) is 40.5 Å². The van der Waals surface area contributed by atoms with E-state index in [1.54, 1.807) is 0 Å². The van der Waals surface area contributed by atoms with E-state index >= 15 is 0 Å². The number of piperidine rings is 1. The van der Waals surface area contributed by atoms with Gasteiger partial charge in [-0.25, -0.2) is 0 Å². The molecule has 158 valence electrons. The van der Waals surface area contributed by atoms with Crippen LogP contribution in [0.15, 0.2) is 0 Å². The molecule has 0 unspecified atom stereocenters. The van der Waals surface area contributed by atoms with Gasteiger partial charge in [-0.1, -0.05) is 13.8 Å². The third-order valence-electron chi connectivity index (χ3n) is 6.12. The molecule has 1 amide bonds. The van der Waals surface area contributed by atoms with Crippen LogP contribution in [-0.4, -0.2) is 98.9 Å². The predicted molar refractivity (Wildman–Crippen MR) is 109 cm³/mol. The number of carbonyl (C=O) groups is 1. The van der Waals surface area contributed by atoms with Crippen molar-refractivity contribution in [1.29, 1.82) is 0 Å². The average molecular weight is 384 g/mol. The molecule has 2 heterocycles. The van der Waals surface area contributed by atoms with E-state index in [9.17, 15) is 4.79 Å². The number of hydrogen-bond acceptors (Lipinski definition) is 5. The summed E-state index contributed by atoms with van der Waals surface area (Å²) in [5, 5.41) is 0. The van der Waals surface area contributed by atoms with E-state index in [1.807, 2.05) is 4.90 Å². The Hall–Kier alpha value is -0.690. The SMILES string of the molecule is CC(C)C1CCN(C(=O)COCCOCCN2CCN(C(C)C)CC2)CC1. The molecule has 0 atom stereocenters. The number of hydrogen-bond donors (Lipinski definition) is 0. The Morgan fingerprint density at radius 2 is 1.52 bits per heavy atom. The molecule has 0 saturated carbocycles. The number of likely N-dealkylation sites (tertiary alicyclic amines) is 1.